The van der Waals surface area contributed by atoms with Crippen molar-refractivity contribution in [3.63, 3.8) is 0 Å². The molecule has 0 unspecified atom stereocenters. The molecular formula is C13H20N4O5. The Balaban J connectivity index is 3.05. The molecule has 0 atom stereocenters. The highest BCUT2D eigenvalue weighted by atomic mass is 16.6. The predicted octanol–water partition coefficient (Wildman–Crippen LogP) is -0.0822. The lowest BCUT2D eigenvalue weighted by Gasteiger charge is -2.30. The van der Waals surface area contributed by atoms with E-state index in [1.54, 1.807) is 27.7 Å². The zero-order valence-corrected chi connectivity index (χ0v) is 13.1. The minimum atomic E-state index is -0.914. The largest absolute Gasteiger partial charge is 0.461 e. The number of esters is 2. The first-order valence-electron chi connectivity index (χ1n) is 6.87. The van der Waals surface area contributed by atoms with Crippen molar-refractivity contribution >= 4 is 29.4 Å². The molecule has 22 heavy (non-hydrogen) atoms. The third-order valence-electron chi connectivity index (χ3n) is 2.75. The maximum Gasteiger partial charge on any atom is 0.366 e. The van der Waals surface area contributed by atoms with Crippen molar-refractivity contribution in [2.45, 2.75) is 34.1 Å². The summed E-state index contributed by atoms with van der Waals surface area (Å²) in [5, 5.41) is 7.50. The molecule has 0 aromatic carbocycles. The molecule has 0 aliphatic carbocycles. The van der Waals surface area contributed by atoms with Gasteiger partial charge in [0.05, 0.1) is 13.2 Å². The zero-order valence-electron chi connectivity index (χ0n) is 13.1. The van der Waals surface area contributed by atoms with Crippen LogP contribution in [0.15, 0.2) is 10.2 Å². The van der Waals surface area contributed by atoms with Gasteiger partial charge in [-0.3, -0.25) is 15.6 Å². The molecule has 9 nitrogen and oxygen atoms in total. The van der Waals surface area contributed by atoms with E-state index in [4.69, 9.17) is 9.47 Å². The fourth-order valence-corrected chi connectivity index (χ4v) is 1.65. The molecule has 122 valence electrons. The van der Waals surface area contributed by atoms with Gasteiger partial charge >= 0.3 is 11.9 Å². The van der Waals surface area contributed by atoms with Gasteiger partial charge in [-0.15, -0.1) is 10.2 Å². The number of hydrazine groups is 1. The monoisotopic (exact) mass is 312 g/mol. The van der Waals surface area contributed by atoms with Crippen LogP contribution in [0.2, 0.25) is 0 Å². The predicted molar refractivity (Wildman–Crippen MR) is 77.8 cm³/mol. The average molecular weight is 312 g/mol. The van der Waals surface area contributed by atoms with Crippen molar-refractivity contribution in [2.24, 2.45) is 15.6 Å². The molecule has 0 bridgehead atoms. The summed E-state index contributed by atoms with van der Waals surface area (Å²) < 4.78 is 9.50. The molecule has 0 spiro atoms. The number of ether oxygens (including phenoxy) is 2. The van der Waals surface area contributed by atoms with Gasteiger partial charge in [-0.05, 0) is 13.8 Å². The Hall–Kier alpha value is -2.45. The van der Waals surface area contributed by atoms with E-state index in [2.05, 4.69) is 21.1 Å². The topological polar surface area (TPSA) is 118 Å². The Labute approximate surface area is 128 Å². The number of hydrogen-bond donors (Lipinski definition) is 2. The highest BCUT2D eigenvalue weighted by molar-refractivity contribution is 6.62. The molecule has 1 aliphatic rings. The molecular weight excluding hydrogens is 292 g/mol. The van der Waals surface area contributed by atoms with Crippen molar-refractivity contribution in [2.75, 3.05) is 13.2 Å². The van der Waals surface area contributed by atoms with Crippen LogP contribution in [0.1, 0.15) is 34.1 Å². The summed E-state index contributed by atoms with van der Waals surface area (Å²) in [5.74, 6) is -1.70. The number of nitrogens with zero attached hydrogens (tertiary/aromatic N) is 2. The fourth-order valence-electron chi connectivity index (χ4n) is 1.65. The molecule has 0 aromatic rings. The van der Waals surface area contributed by atoms with E-state index < -0.39 is 23.1 Å². The highest BCUT2D eigenvalue weighted by Crippen LogP contribution is 2.23. The van der Waals surface area contributed by atoms with Gasteiger partial charge in [-0.2, -0.15) is 0 Å². The lowest BCUT2D eigenvalue weighted by molar-refractivity contribution is -0.140. The van der Waals surface area contributed by atoms with Crippen molar-refractivity contribution < 1.29 is 23.9 Å². The maximum absolute atomic E-state index is 11.7. The van der Waals surface area contributed by atoms with E-state index in [-0.39, 0.29) is 25.5 Å². The van der Waals surface area contributed by atoms with Crippen LogP contribution in [0.25, 0.3) is 0 Å². The van der Waals surface area contributed by atoms with Crippen LogP contribution in [-0.4, -0.2) is 42.6 Å². The summed E-state index contributed by atoms with van der Waals surface area (Å²) in [7, 11) is 0. The molecule has 0 radical (unpaired) electrons. The van der Waals surface area contributed by atoms with Crippen LogP contribution in [0.3, 0.4) is 0 Å². The maximum atomic E-state index is 11.7. The third-order valence-corrected chi connectivity index (χ3v) is 2.75. The number of amidine groups is 1. The molecule has 1 heterocycles. The highest BCUT2D eigenvalue weighted by Gasteiger charge is 2.33. The molecule has 1 rings (SSSR count). The van der Waals surface area contributed by atoms with E-state index in [1.165, 1.54) is 0 Å². The normalized spacial score (nSPS) is 18.0. The SMILES string of the molecule is CCOC(=O)C(=N/N=C1/NNC(=O)CC1(C)C)C(=O)OCC. The number of hydrogen-bond acceptors (Lipinski definition) is 7. The molecule has 0 aromatic heterocycles. The minimum Gasteiger partial charge on any atom is -0.461 e. The molecule has 0 saturated carbocycles. The number of nitrogens with one attached hydrogen (secondary N) is 2. The van der Waals surface area contributed by atoms with E-state index in [0.29, 0.717) is 5.84 Å². The van der Waals surface area contributed by atoms with E-state index in [0.717, 1.165) is 0 Å². The van der Waals surface area contributed by atoms with Gasteiger partial charge in [0.2, 0.25) is 5.91 Å². The summed E-state index contributed by atoms with van der Waals surface area (Å²) in [5.41, 5.74) is 3.83. The van der Waals surface area contributed by atoms with Gasteiger partial charge in [0.1, 0.15) is 5.84 Å². The molecule has 1 fully saturated rings. The van der Waals surface area contributed by atoms with Gasteiger partial charge in [0.15, 0.2) is 0 Å². The fraction of sp³-hybridized carbons (Fsp3) is 0.615. The van der Waals surface area contributed by atoms with Crippen LogP contribution < -0.4 is 10.9 Å². The molecule has 2 N–H and O–H groups in total. The van der Waals surface area contributed by atoms with Crippen molar-refractivity contribution in [3.8, 4) is 0 Å². The van der Waals surface area contributed by atoms with Gasteiger partial charge in [0, 0.05) is 11.8 Å². The quantitative estimate of drug-likeness (QED) is 0.317. The lowest BCUT2D eigenvalue weighted by Crippen LogP contribution is -2.54. The van der Waals surface area contributed by atoms with Crippen LogP contribution in [-0.2, 0) is 23.9 Å². The summed E-state index contributed by atoms with van der Waals surface area (Å²) in [6.45, 7) is 6.95. The molecule has 9 heteroatoms. The number of carbonyl (C=O) groups excluding carboxylic acids is 3. The smallest absolute Gasteiger partial charge is 0.366 e. The first-order chi connectivity index (χ1) is 10.3. The Morgan fingerprint density at radius 3 is 2.14 bits per heavy atom. The first-order valence-corrected chi connectivity index (χ1v) is 6.87. The number of carbonyl (C=O) groups is 3. The van der Waals surface area contributed by atoms with E-state index in [1.807, 2.05) is 0 Å². The summed E-state index contributed by atoms with van der Waals surface area (Å²) in [4.78, 5) is 34.8. The van der Waals surface area contributed by atoms with Crippen LogP contribution in [0.5, 0.6) is 0 Å². The van der Waals surface area contributed by atoms with E-state index in [9.17, 15) is 14.4 Å². The van der Waals surface area contributed by atoms with Gasteiger partial charge in [-0.1, -0.05) is 13.8 Å². The van der Waals surface area contributed by atoms with Crippen LogP contribution in [0.4, 0.5) is 0 Å². The standard InChI is InChI=1S/C13H20N4O5/c1-5-21-10(19)9(11(20)22-6-2)15-17-12-13(3,4)7-8(18)14-16-12/h5-7H2,1-4H3,(H,14,18)(H,16,17). The molecule has 1 amide bonds. The third kappa shape index (κ3) is 4.54. The number of amides is 1. The van der Waals surface area contributed by atoms with E-state index >= 15 is 0 Å². The summed E-state index contributed by atoms with van der Waals surface area (Å²) >= 11 is 0. The minimum absolute atomic E-state index is 0.0909. The first kappa shape index (κ1) is 17.6. The van der Waals surface area contributed by atoms with Crippen molar-refractivity contribution in [3.05, 3.63) is 0 Å². The van der Waals surface area contributed by atoms with Crippen molar-refractivity contribution in [1.82, 2.24) is 10.9 Å². The lowest BCUT2D eigenvalue weighted by atomic mass is 9.86. The Kier molecular flexibility index (Phi) is 6.02. The average Bonchev–Trinajstić information content (AvgIpc) is 2.41. The van der Waals surface area contributed by atoms with Crippen LogP contribution >= 0.6 is 0 Å². The second kappa shape index (κ2) is 7.53. The van der Waals surface area contributed by atoms with Gasteiger partial charge in [0.25, 0.3) is 5.71 Å². The number of rotatable bonds is 5. The van der Waals surface area contributed by atoms with Gasteiger partial charge in [-0.25, -0.2) is 9.59 Å². The second-order valence-corrected chi connectivity index (χ2v) is 5.07. The van der Waals surface area contributed by atoms with Crippen LogP contribution in [0, 0.1) is 5.41 Å². The Morgan fingerprint density at radius 2 is 1.68 bits per heavy atom. The Bertz CT molecular complexity index is 505. The Morgan fingerprint density at radius 1 is 1.14 bits per heavy atom. The molecule has 1 aliphatic heterocycles. The van der Waals surface area contributed by atoms with Gasteiger partial charge < -0.3 is 9.47 Å². The second-order valence-electron chi connectivity index (χ2n) is 5.07. The zero-order chi connectivity index (χ0) is 16.8. The summed E-state index contributed by atoms with van der Waals surface area (Å²) in [6.07, 6.45) is 0.197. The van der Waals surface area contributed by atoms with Crippen molar-refractivity contribution in [1.29, 1.82) is 0 Å². The molecule has 1 saturated heterocycles. The summed E-state index contributed by atoms with van der Waals surface area (Å²) in [6, 6.07) is 0.